The fourth-order valence-electron chi connectivity index (χ4n) is 4.40. The van der Waals surface area contributed by atoms with Crippen LogP contribution in [0, 0.1) is 0 Å². The number of hydrogen-bond donors (Lipinski definition) is 1. The van der Waals surface area contributed by atoms with Gasteiger partial charge in [0.15, 0.2) is 0 Å². The van der Waals surface area contributed by atoms with Crippen LogP contribution in [0.3, 0.4) is 0 Å². The Morgan fingerprint density at radius 2 is 1.97 bits per heavy atom. The van der Waals surface area contributed by atoms with Crippen LogP contribution in [0.15, 0.2) is 70.6 Å². The molecule has 8 nitrogen and oxygen atoms in total. The van der Waals surface area contributed by atoms with Crippen LogP contribution in [0.2, 0.25) is 0 Å². The summed E-state index contributed by atoms with van der Waals surface area (Å²) in [6.45, 7) is 1.05. The fraction of sp³-hybridized carbons (Fsp3) is 0.120. The molecule has 0 atom stereocenters. The maximum atomic E-state index is 13.4. The lowest BCUT2D eigenvalue weighted by Crippen LogP contribution is -2.25. The third kappa shape index (κ3) is 3.15. The third-order valence-electron chi connectivity index (χ3n) is 5.99. The summed E-state index contributed by atoms with van der Waals surface area (Å²) in [6.07, 6.45) is 3.61. The average molecular weight is 437 g/mol. The van der Waals surface area contributed by atoms with Crippen LogP contribution in [0.4, 0.5) is 0 Å². The van der Waals surface area contributed by atoms with Crippen molar-refractivity contribution < 1.29 is 9.84 Å². The van der Waals surface area contributed by atoms with Gasteiger partial charge < -0.3 is 14.4 Å². The van der Waals surface area contributed by atoms with E-state index >= 15 is 0 Å². The van der Waals surface area contributed by atoms with Gasteiger partial charge in [-0.2, -0.15) is 10.1 Å². The molecule has 6 rings (SSSR count). The second kappa shape index (κ2) is 7.30. The summed E-state index contributed by atoms with van der Waals surface area (Å²) in [5.74, 6) is 0.732. The molecule has 0 bridgehead atoms. The molecule has 4 heterocycles. The summed E-state index contributed by atoms with van der Waals surface area (Å²) in [5.41, 5.74) is 4.53. The number of benzene rings is 2. The van der Waals surface area contributed by atoms with Crippen molar-refractivity contribution in [2.75, 3.05) is 0 Å². The Bertz CT molecular complexity index is 1650. The van der Waals surface area contributed by atoms with Gasteiger partial charge in [0.25, 0.3) is 5.56 Å². The minimum atomic E-state index is -0.157. The summed E-state index contributed by atoms with van der Waals surface area (Å²) < 4.78 is 9.16. The quantitative estimate of drug-likeness (QED) is 0.462. The highest BCUT2D eigenvalue weighted by Gasteiger charge is 2.17. The molecule has 0 saturated carbocycles. The van der Waals surface area contributed by atoms with Gasteiger partial charge in [0, 0.05) is 47.8 Å². The minimum absolute atomic E-state index is 0.111. The van der Waals surface area contributed by atoms with Crippen LogP contribution >= 0.6 is 0 Å². The molecule has 2 aromatic carbocycles. The molecule has 8 heteroatoms. The smallest absolute Gasteiger partial charge is 0.291 e. The Kier molecular flexibility index (Phi) is 4.26. The molecule has 1 aliphatic rings. The van der Waals surface area contributed by atoms with Crippen LogP contribution in [-0.2, 0) is 20.1 Å². The van der Waals surface area contributed by atoms with Crippen LogP contribution in [0.25, 0.3) is 21.8 Å². The van der Waals surface area contributed by atoms with Crippen LogP contribution in [-0.4, -0.2) is 30.7 Å². The first-order valence-corrected chi connectivity index (χ1v) is 10.5. The van der Waals surface area contributed by atoms with Crippen molar-refractivity contribution in [1.82, 2.24) is 19.3 Å². The van der Waals surface area contributed by atoms with Gasteiger partial charge in [0.05, 0.1) is 24.8 Å². The predicted octanol–water partition coefficient (Wildman–Crippen LogP) is 3.76. The highest BCUT2D eigenvalue weighted by Crippen LogP contribution is 2.31. The SMILES string of the molecule is Cn1c2cc(Oc3cccc(O)n3)ccc2c2cnn(Cc3cccc4c3C=NC4)c(=O)c21. The first-order valence-electron chi connectivity index (χ1n) is 10.5. The standard InChI is InChI=1S/C25H19N5O3/c1-29-21-10-17(33-23-7-3-6-22(31)28-23)8-9-18(21)20-13-27-30(25(32)24(20)29)14-16-5-2-4-15-11-26-12-19(15)16/h2-10,12-13H,11,14H2,1H3,(H,28,31). The fourth-order valence-corrected chi connectivity index (χ4v) is 4.40. The number of rotatable bonds is 4. The lowest BCUT2D eigenvalue weighted by atomic mass is 10.0. The van der Waals surface area contributed by atoms with Crippen LogP contribution in [0.1, 0.15) is 16.7 Å². The van der Waals surface area contributed by atoms with E-state index in [9.17, 15) is 9.90 Å². The third-order valence-corrected chi connectivity index (χ3v) is 5.99. The Morgan fingerprint density at radius 1 is 1.09 bits per heavy atom. The maximum Gasteiger partial charge on any atom is 0.291 e. The Hall–Kier alpha value is -4.46. The van der Waals surface area contributed by atoms with Crippen molar-refractivity contribution in [3.63, 3.8) is 0 Å². The van der Waals surface area contributed by atoms with E-state index in [2.05, 4.69) is 21.1 Å². The van der Waals surface area contributed by atoms with E-state index in [1.54, 1.807) is 18.3 Å². The second-order valence-corrected chi connectivity index (χ2v) is 8.00. The molecule has 33 heavy (non-hydrogen) atoms. The predicted molar refractivity (Wildman–Crippen MR) is 125 cm³/mol. The zero-order valence-corrected chi connectivity index (χ0v) is 17.8. The van der Waals surface area contributed by atoms with E-state index in [0.29, 0.717) is 24.4 Å². The van der Waals surface area contributed by atoms with Gasteiger partial charge in [-0.25, -0.2) is 4.68 Å². The van der Waals surface area contributed by atoms with E-state index in [1.165, 1.54) is 16.3 Å². The first-order chi connectivity index (χ1) is 16.1. The van der Waals surface area contributed by atoms with E-state index in [0.717, 1.165) is 27.4 Å². The highest BCUT2D eigenvalue weighted by atomic mass is 16.5. The van der Waals surface area contributed by atoms with Crippen molar-refractivity contribution in [3.8, 4) is 17.5 Å². The van der Waals surface area contributed by atoms with Gasteiger partial charge in [-0.1, -0.05) is 24.3 Å². The monoisotopic (exact) mass is 437 g/mol. The molecular weight excluding hydrogens is 418 g/mol. The molecule has 162 valence electrons. The number of ether oxygens (including phenoxy) is 1. The minimum Gasteiger partial charge on any atom is -0.493 e. The van der Waals surface area contributed by atoms with E-state index in [-0.39, 0.29) is 17.3 Å². The Balaban J connectivity index is 1.43. The van der Waals surface area contributed by atoms with Crippen molar-refractivity contribution >= 4 is 28.0 Å². The number of fused-ring (bicyclic) bond motifs is 4. The number of nitrogens with zero attached hydrogens (tertiary/aromatic N) is 5. The largest absolute Gasteiger partial charge is 0.493 e. The van der Waals surface area contributed by atoms with Crippen molar-refractivity contribution in [1.29, 1.82) is 0 Å². The number of aryl methyl sites for hydroxylation is 1. The lowest BCUT2D eigenvalue weighted by Gasteiger charge is -2.09. The van der Waals surface area contributed by atoms with E-state index in [4.69, 9.17) is 4.74 Å². The van der Waals surface area contributed by atoms with Gasteiger partial charge in [-0.3, -0.25) is 9.79 Å². The topological polar surface area (TPSA) is 94.5 Å². The normalized spacial score (nSPS) is 12.5. The van der Waals surface area contributed by atoms with E-state index in [1.807, 2.05) is 48.2 Å². The molecule has 0 unspecified atom stereocenters. The molecule has 0 spiro atoms. The summed E-state index contributed by atoms with van der Waals surface area (Å²) in [4.78, 5) is 21.7. The number of aromatic hydroxyl groups is 1. The van der Waals surface area contributed by atoms with Crippen LogP contribution in [0.5, 0.6) is 17.5 Å². The number of hydrogen-bond acceptors (Lipinski definition) is 6. The molecule has 0 amide bonds. The maximum absolute atomic E-state index is 13.4. The number of aliphatic imine (C=N–C) groups is 1. The molecule has 5 aromatic rings. The summed E-state index contributed by atoms with van der Waals surface area (Å²) in [5, 5.41) is 15.7. The first kappa shape index (κ1) is 19.2. The van der Waals surface area contributed by atoms with Gasteiger partial charge in [0.1, 0.15) is 11.3 Å². The summed E-state index contributed by atoms with van der Waals surface area (Å²) in [7, 11) is 1.86. The summed E-state index contributed by atoms with van der Waals surface area (Å²) in [6, 6.07) is 16.4. The van der Waals surface area contributed by atoms with Crippen molar-refractivity contribution in [2.24, 2.45) is 12.0 Å². The number of pyridine rings is 1. The zero-order chi connectivity index (χ0) is 22.5. The molecular formula is C25H19N5O3. The van der Waals surface area contributed by atoms with Crippen molar-refractivity contribution in [3.05, 3.63) is 87.8 Å². The Morgan fingerprint density at radius 3 is 2.85 bits per heavy atom. The average Bonchev–Trinajstić information content (AvgIpc) is 3.40. The van der Waals surface area contributed by atoms with E-state index < -0.39 is 0 Å². The second-order valence-electron chi connectivity index (χ2n) is 8.00. The van der Waals surface area contributed by atoms with Gasteiger partial charge in [-0.15, -0.1) is 0 Å². The Labute approximate surface area is 188 Å². The van der Waals surface area contributed by atoms with Gasteiger partial charge in [-0.05, 0) is 23.3 Å². The van der Waals surface area contributed by atoms with Crippen LogP contribution < -0.4 is 10.3 Å². The molecule has 1 aliphatic heterocycles. The lowest BCUT2D eigenvalue weighted by molar-refractivity contribution is 0.420. The molecule has 0 radical (unpaired) electrons. The molecule has 0 saturated heterocycles. The van der Waals surface area contributed by atoms with Gasteiger partial charge in [0.2, 0.25) is 11.8 Å². The zero-order valence-electron chi connectivity index (χ0n) is 17.8. The molecule has 0 fully saturated rings. The van der Waals surface area contributed by atoms with Crippen molar-refractivity contribution in [2.45, 2.75) is 13.1 Å². The molecule has 3 aromatic heterocycles. The highest BCUT2D eigenvalue weighted by molar-refractivity contribution is 6.07. The number of aromatic nitrogens is 4. The molecule has 1 N–H and O–H groups in total. The van der Waals surface area contributed by atoms with Gasteiger partial charge >= 0.3 is 0 Å². The summed E-state index contributed by atoms with van der Waals surface area (Å²) >= 11 is 0. The molecule has 0 aliphatic carbocycles.